The summed E-state index contributed by atoms with van der Waals surface area (Å²) in [6.07, 6.45) is 4.33. The molecule has 3 aromatic rings. The Morgan fingerprint density at radius 1 is 1.14 bits per heavy atom. The second-order valence-corrected chi connectivity index (χ2v) is 7.95. The molecular weight excluding hydrogens is 373 g/mol. The van der Waals surface area contributed by atoms with Gasteiger partial charge in [0.1, 0.15) is 5.82 Å². The number of anilines is 1. The van der Waals surface area contributed by atoms with E-state index < -0.39 is 17.3 Å². The van der Waals surface area contributed by atoms with Crippen molar-refractivity contribution in [2.45, 2.75) is 38.6 Å². The minimum atomic E-state index is -0.875. The zero-order valence-electron chi connectivity index (χ0n) is 16.6. The van der Waals surface area contributed by atoms with E-state index in [0.29, 0.717) is 11.4 Å². The van der Waals surface area contributed by atoms with Crippen molar-refractivity contribution in [3.8, 4) is 28.6 Å². The van der Waals surface area contributed by atoms with Crippen LogP contribution in [0.5, 0.6) is 17.2 Å². The van der Waals surface area contributed by atoms with Crippen LogP contribution in [0.25, 0.3) is 22.4 Å². The van der Waals surface area contributed by atoms with Gasteiger partial charge in [-0.1, -0.05) is 0 Å². The van der Waals surface area contributed by atoms with Crippen molar-refractivity contribution in [3.05, 3.63) is 29.6 Å². The standard InChI is InChI=1S/C22H24FN3O3/c1-12-17(18(23)19(27)20(28)21(12)29-2)22-24-15-11-14(25-9-4-10-25)7-8-16(15)26(22)13-5-3-6-13/h7-8,11,13,27-28H,3-6,9-10H2,1-2H3. The summed E-state index contributed by atoms with van der Waals surface area (Å²) in [5, 5.41) is 20.3. The van der Waals surface area contributed by atoms with Crippen LogP contribution in [0.4, 0.5) is 10.1 Å². The van der Waals surface area contributed by atoms with Gasteiger partial charge in [-0.3, -0.25) is 0 Å². The topological polar surface area (TPSA) is 70.8 Å². The number of fused-ring (bicyclic) bond motifs is 1. The molecule has 1 aliphatic carbocycles. The van der Waals surface area contributed by atoms with E-state index in [2.05, 4.69) is 27.7 Å². The normalized spacial score (nSPS) is 16.7. The van der Waals surface area contributed by atoms with Crippen LogP contribution in [0, 0.1) is 12.7 Å². The third-order valence-corrected chi connectivity index (χ3v) is 6.34. The molecule has 2 N–H and O–H groups in total. The highest BCUT2D eigenvalue weighted by Crippen LogP contribution is 2.48. The lowest BCUT2D eigenvalue weighted by molar-refractivity contribution is 0.321. The number of aromatic hydroxyl groups is 2. The number of hydrogen-bond acceptors (Lipinski definition) is 5. The van der Waals surface area contributed by atoms with Crippen molar-refractivity contribution in [1.29, 1.82) is 0 Å². The lowest BCUT2D eigenvalue weighted by atomic mass is 9.92. The second kappa shape index (κ2) is 6.54. The first-order valence-electron chi connectivity index (χ1n) is 10.1. The van der Waals surface area contributed by atoms with E-state index >= 15 is 4.39 Å². The van der Waals surface area contributed by atoms with Crippen LogP contribution < -0.4 is 9.64 Å². The molecule has 2 aromatic carbocycles. The number of hydrogen-bond donors (Lipinski definition) is 2. The Bertz CT molecular complexity index is 1120. The molecule has 1 aromatic heterocycles. The number of aromatic nitrogens is 2. The number of ether oxygens (including phenoxy) is 1. The van der Waals surface area contributed by atoms with E-state index in [1.165, 1.54) is 13.5 Å². The predicted molar refractivity (Wildman–Crippen MR) is 109 cm³/mol. The first-order valence-corrected chi connectivity index (χ1v) is 10.1. The summed E-state index contributed by atoms with van der Waals surface area (Å²) < 4.78 is 22.5. The quantitative estimate of drug-likeness (QED) is 0.634. The first-order chi connectivity index (χ1) is 14.0. The minimum absolute atomic E-state index is 0.0624. The molecule has 0 atom stereocenters. The molecule has 1 saturated carbocycles. The maximum atomic E-state index is 15.2. The molecule has 1 saturated heterocycles. The van der Waals surface area contributed by atoms with Gasteiger partial charge in [-0.15, -0.1) is 0 Å². The molecule has 0 unspecified atom stereocenters. The van der Waals surface area contributed by atoms with Gasteiger partial charge in [0.05, 0.1) is 23.7 Å². The van der Waals surface area contributed by atoms with Gasteiger partial charge in [-0.05, 0) is 50.8 Å². The van der Waals surface area contributed by atoms with Crippen LogP contribution in [0.1, 0.15) is 37.3 Å². The number of phenolic OH excluding ortho intramolecular Hbond substituents is 2. The summed E-state index contributed by atoms with van der Waals surface area (Å²) in [6, 6.07) is 6.45. The number of methoxy groups -OCH3 is 1. The van der Waals surface area contributed by atoms with Crippen LogP contribution >= 0.6 is 0 Å². The van der Waals surface area contributed by atoms with Gasteiger partial charge in [0, 0.05) is 30.4 Å². The summed E-state index contributed by atoms with van der Waals surface area (Å²) >= 11 is 0. The predicted octanol–water partition coefficient (Wildman–Crippen LogP) is 4.51. The maximum absolute atomic E-state index is 15.2. The SMILES string of the molecule is COc1c(C)c(-c2nc3cc(N4CCC4)ccc3n2C2CCC2)c(F)c(O)c1O. The van der Waals surface area contributed by atoms with Crippen molar-refractivity contribution >= 4 is 16.7 Å². The van der Waals surface area contributed by atoms with E-state index in [1.54, 1.807) is 6.92 Å². The number of phenols is 2. The molecule has 0 amide bonds. The van der Waals surface area contributed by atoms with Gasteiger partial charge in [-0.25, -0.2) is 9.37 Å². The Hall–Kier alpha value is -2.96. The highest BCUT2D eigenvalue weighted by molar-refractivity contribution is 5.86. The van der Waals surface area contributed by atoms with E-state index in [-0.39, 0.29) is 17.4 Å². The van der Waals surface area contributed by atoms with Crippen LogP contribution in [0.15, 0.2) is 18.2 Å². The first kappa shape index (κ1) is 18.1. The molecule has 0 spiro atoms. The number of halogens is 1. The fraction of sp³-hybridized carbons (Fsp3) is 0.409. The molecule has 7 heteroatoms. The number of benzene rings is 2. The zero-order chi connectivity index (χ0) is 20.3. The lowest BCUT2D eigenvalue weighted by Gasteiger charge is -2.33. The highest BCUT2D eigenvalue weighted by Gasteiger charge is 2.31. The molecule has 1 aliphatic heterocycles. The summed E-state index contributed by atoms with van der Waals surface area (Å²) in [5.41, 5.74) is 3.47. The molecule has 152 valence electrons. The maximum Gasteiger partial charge on any atom is 0.203 e. The number of rotatable bonds is 4. The Balaban J connectivity index is 1.77. The van der Waals surface area contributed by atoms with Crippen LogP contribution in [0.2, 0.25) is 0 Å². The summed E-state index contributed by atoms with van der Waals surface area (Å²) in [6.45, 7) is 3.75. The molecule has 2 fully saturated rings. The molecule has 6 nitrogen and oxygen atoms in total. The van der Waals surface area contributed by atoms with Crippen molar-refractivity contribution in [2.24, 2.45) is 0 Å². The summed E-state index contributed by atoms with van der Waals surface area (Å²) in [5.74, 6) is -1.74. The fourth-order valence-electron chi connectivity index (χ4n) is 4.35. The van der Waals surface area contributed by atoms with E-state index in [1.807, 2.05) is 0 Å². The Morgan fingerprint density at radius 2 is 1.90 bits per heavy atom. The molecular formula is C22H24FN3O3. The Labute approximate surface area is 168 Å². The largest absolute Gasteiger partial charge is 0.502 e. The van der Waals surface area contributed by atoms with Gasteiger partial charge in [0.2, 0.25) is 5.75 Å². The smallest absolute Gasteiger partial charge is 0.203 e. The lowest BCUT2D eigenvalue weighted by Crippen LogP contribution is -2.36. The van der Waals surface area contributed by atoms with Crippen molar-refractivity contribution in [2.75, 3.05) is 25.1 Å². The fourth-order valence-corrected chi connectivity index (χ4v) is 4.35. The van der Waals surface area contributed by atoms with Crippen molar-refractivity contribution in [3.63, 3.8) is 0 Å². The van der Waals surface area contributed by atoms with Gasteiger partial charge < -0.3 is 24.4 Å². The molecule has 2 heterocycles. The summed E-state index contributed by atoms with van der Waals surface area (Å²) in [4.78, 5) is 7.10. The van der Waals surface area contributed by atoms with Crippen LogP contribution in [0.3, 0.4) is 0 Å². The Kier molecular flexibility index (Phi) is 4.08. The highest BCUT2D eigenvalue weighted by atomic mass is 19.1. The van der Waals surface area contributed by atoms with Gasteiger partial charge in [-0.2, -0.15) is 0 Å². The number of nitrogens with zero attached hydrogens (tertiary/aromatic N) is 3. The van der Waals surface area contributed by atoms with E-state index in [4.69, 9.17) is 9.72 Å². The average molecular weight is 397 g/mol. The van der Waals surface area contributed by atoms with Crippen LogP contribution in [-0.4, -0.2) is 40.0 Å². The Morgan fingerprint density at radius 3 is 2.48 bits per heavy atom. The molecule has 0 bridgehead atoms. The molecule has 29 heavy (non-hydrogen) atoms. The second-order valence-electron chi connectivity index (χ2n) is 7.95. The molecule has 2 aliphatic rings. The minimum Gasteiger partial charge on any atom is -0.502 e. The molecule has 5 rings (SSSR count). The monoisotopic (exact) mass is 397 g/mol. The average Bonchev–Trinajstić information content (AvgIpc) is 2.96. The van der Waals surface area contributed by atoms with Crippen molar-refractivity contribution < 1.29 is 19.3 Å². The molecule has 0 radical (unpaired) electrons. The van der Waals surface area contributed by atoms with Gasteiger partial charge in [0.15, 0.2) is 17.3 Å². The summed E-state index contributed by atoms with van der Waals surface area (Å²) in [7, 11) is 1.39. The van der Waals surface area contributed by atoms with E-state index in [0.717, 1.165) is 49.1 Å². The van der Waals surface area contributed by atoms with Gasteiger partial charge >= 0.3 is 0 Å². The number of imidazole rings is 1. The zero-order valence-corrected chi connectivity index (χ0v) is 16.6. The van der Waals surface area contributed by atoms with Crippen molar-refractivity contribution in [1.82, 2.24) is 9.55 Å². The van der Waals surface area contributed by atoms with Gasteiger partial charge in [0.25, 0.3) is 0 Å². The van der Waals surface area contributed by atoms with E-state index in [9.17, 15) is 10.2 Å². The third-order valence-electron chi connectivity index (χ3n) is 6.34. The van der Waals surface area contributed by atoms with Crippen LogP contribution in [-0.2, 0) is 0 Å². The third kappa shape index (κ3) is 2.56.